The molecule has 1 aliphatic rings. The molecule has 32 heavy (non-hydrogen) atoms. The van der Waals surface area contributed by atoms with Crippen molar-refractivity contribution in [3.05, 3.63) is 54.3 Å². The van der Waals surface area contributed by atoms with Crippen molar-refractivity contribution in [2.24, 2.45) is 4.99 Å². The van der Waals surface area contributed by atoms with Gasteiger partial charge in [0.25, 0.3) is 5.91 Å². The molecule has 2 aromatic rings. The Labute approximate surface area is 192 Å². The van der Waals surface area contributed by atoms with E-state index in [1.165, 1.54) is 62.3 Å². The monoisotopic (exact) mass is 479 g/mol. The van der Waals surface area contributed by atoms with E-state index in [1.807, 2.05) is 6.92 Å². The van der Waals surface area contributed by atoms with Crippen molar-refractivity contribution >= 4 is 38.5 Å². The minimum absolute atomic E-state index is 0.105. The zero-order chi connectivity index (χ0) is 23.7. The van der Waals surface area contributed by atoms with Gasteiger partial charge in [0.2, 0.25) is 10.0 Å². The Kier molecular flexibility index (Phi) is 6.97. The summed E-state index contributed by atoms with van der Waals surface area (Å²) in [4.78, 5) is 19.6. The second-order valence-electron chi connectivity index (χ2n) is 8.09. The molecule has 3 rings (SSSR count). The molecule has 0 aromatic heterocycles. The van der Waals surface area contributed by atoms with Crippen molar-refractivity contribution in [1.29, 1.82) is 0 Å². The Hall–Kier alpha value is -2.43. The SMILES string of the molecule is CC1CN(C(=O)C(C)(C)Oc2ccc(F)cc2)C(=Nc2cccc(S(=O)(=O)N(C)C)c2)S1. The molecule has 0 radical (unpaired) electrons. The molecule has 2 aromatic carbocycles. The lowest BCUT2D eigenvalue weighted by atomic mass is 10.1. The molecule has 172 valence electrons. The number of ether oxygens (including phenoxy) is 1. The summed E-state index contributed by atoms with van der Waals surface area (Å²) in [5, 5.41) is 0.575. The average molecular weight is 480 g/mol. The van der Waals surface area contributed by atoms with E-state index in [1.54, 1.807) is 30.9 Å². The van der Waals surface area contributed by atoms with Crippen LogP contribution in [0.25, 0.3) is 0 Å². The maximum Gasteiger partial charge on any atom is 0.272 e. The van der Waals surface area contributed by atoms with Crippen LogP contribution in [-0.4, -0.2) is 60.2 Å². The van der Waals surface area contributed by atoms with Gasteiger partial charge in [0.1, 0.15) is 11.6 Å². The Balaban J connectivity index is 1.88. The number of sulfonamides is 1. The van der Waals surface area contributed by atoms with Crippen LogP contribution in [0.4, 0.5) is 10.1 Å². The second kappa shape index (κ2) is 9.21. The van der Waals surface area contributed by atoms with Crippen molar-refractivity contribution in [3.8, 4) is 5.75 Å². The lowest BCUT2D eigenvalue weighted by Gasteiger charge is -2.29. The molecule has 0 aliphatic carbocycles. The molecule has 1 atom stereocenters. The Bertz CT molecular complexity index is 1130. The highest BCUT2D eigenvalue weighted by atomic mass is 32.2. The molecule has 1 amide bonds. The number of halogens is 1. The number of carbonyl (C=O) groups is 1. The van der Waals surface area contributed by atoms with Gasteiger partial charge in [-0.1, -0.05) is 24.8 Å². The number of nitrogens with zero attached hydrogens (tertiary/aromatic N) is 3. The molecule has 10 heteroatoms. The van der Waals surface area contributed by atoms with E-state index in [4.69, 9.17) is 4.74 Å². The molecule has 1 heterocycles. The number of hydrogen-bond acceptors (Lipinski definition) is 6. The summed E-state index contributed by atoms with van der Waals surface area (Å²) >= 11 is 1.43. The van der Waals surface area contributed by atoms with Gasteiger partial charge in [0.05, 0.1) is 10.6 Å². The van der Waals surface area contributed by atoms with Gasteiger partial charge < -0.3 is 4.74 Å². The van der Waals surface area contributed by atoms with Gasteiger partial charge in [-0.3, -0.25) is 9.69 Å². The van der Waals surface area contributed by atoms with E-state index in [9.17, 15) is 17.6 Å². The second-order valence-corrected chi connectivity index (χ2v) is 11.6. The van der Waals surface area contributed by atoms with Crippen molar-refractivity contribution < 1.29 is 22.3 Å². The van der Waals surface area contributed by atoms with Gasteiger partial charge in [-0.05, 0) is 56.3 Å². The quantitative estimate of drug-likeness (QED) is 0.628. The first-order valence-electron chi connectivity index (χ1n) is 9.94. The van der Waals surface area contributed by atoms with Gasteiger partial charge in [-0.15, -0.1) is 0 Å². The zero-order valence-corrected chi connectivity index (χ0v) is 20.2. The number of aliphatic imine (C=N–C) groups is 1. The normalized spacial score (nSPS) is 18.4. The van der Waals surface area contributed by atoms with E-state index in [2.05, 4.69) is 4.99 Å². The number of amidine groups is 1. The summed E-state index contributed by atoms with van der Waals surface area (Å²) in [5.74, 6) is -0.307. The van der Waals surface area contributed by atoms with Gasteiger partial charge in [0.15, 0.2) is 10.8 Å². The lowest BCUT2D eigenvalue weighted by Crippen LogP contribution is -2.49. The van der Waals surface area contributed by atoms with Crippen LogP contribution in [0.2, 0.25) is 0 Å². The molecular formula is C22H26FN3O4S2. The zero-order valence-electron chi connectivity index (χ0n) is 18.6. The number of benzene rings is 2. The number of rotatable bonds is 6. The summed E-state index contributed by atoms with van der Waals surface area (Å²) in [5.41, 5.74) is -0.793. The molecule has 0 saturated carbocycles. The van der Waals surface area contributed by atoms with E-state index in [0.29, 0.717) is 23.1 Å². The van der Waals surface area contributed by atoms with Gasteiger partial charge in [-0.2, -0.15) is 0 Å². The van der Waals surface area contributed by atoms with E-state index in [0.717, 1.165) is 4.31 Å². The number of carbonyl (C=O) groups excluding carboxylic acids is 1. The van der Waals surface area contributed by atoms with E-state index < -0.39 is 15.6 Å². The molecular weight excluding hydrogens is 453 g/mol. The predicted molar refractivity (Wildman–Crippen MR) is 124 cm³/mol. The van der Waals surface area contributed by atoms with Crippen LogP contribution < -0.4 is 4.74 Å². The van der Waals surface area contributed by atoms with Gasteiger partial charge in [-0.25, -0.2) is 22.1 Å². The maximum absolute atomic E-state index is 13.3. The van der Waals surface area contributed by atoms with E-state index >= 15 is 0 Å². The topological polar surface area (TPSA) is 79.3 Å². The van der Waals surface area contributed by atoms with Crippen LogP contribution in [-0.2, 0) is 14.8 Å². The highest BCUT2D eigenvalue weighted by Gasteiger charge is 2.40. The number of thioether (sulfide) groups is 1. The van der Waals surface area contributed by atoms with E-state index in [-0.39, 0.29) is 21.9 Å². The van der Waals surface area contributed by atoms with Crippen LogP contribution in [0, 0.1) is 5.82 Å². The fourth-order valence-electron chi connectivity index (χ4n) is 3.07. The third-order valence-electron chi connectivity index (χ3n) is 4.74. The van der Waals surface area contributed by atoms with Crippen molar-refractivity contribution in [2.75, 3.05) is 20.6 Å². The first-order valence-corrected chi connectivity index (χ1v) is 12.3. The molecule has 0 spiro atoms. The third kappa shape index (κ3) is 5.31. The lowest BCUT2D eigenvalue weighted by molar-refractivity contribution is -0.140. The summed E-state index contributed by atoms with van der Waals surface area (Å²) in [6.07, 6.45) is 0. The van der Waals surface area contributed by atoms with Crippen LogP contribution in [0.5, 0.6) is 5.75 Å². The highest BCUT2D eigenvalue weighted by Crippen LogP contribution is 2.32. The molecule has 1 saturated heterocycles. The number of hydrogen-bond donors (Lipinski definition) is 0. The number of amides is 1. The van der Waals surface area contributed by atoms with Crippen LogP contribution in [0.15, 0.2) is 58.4 Å². The van der Waals surface area contributed by atoms with Crippen molar-refractivity contribution in [2.45, 2.75) is 36.5 Å². The summed E-state index contributed by atoms with van der Waals surface area (Å²) < 4.78 is 45.0. The standard InChI is InChI=1S/C22H26FN3O4S2/c1-15-14-26(20(27)22(2,3)30-18-11-9-16(23)10-12-18)21(31-15)24-17-7-6-8-19(13-17)32(28,29)25(4)5/h6-13,15H,14H2,1-5H3. The summed E-state index contributed by atoms with van der Waals surface area (Å²) in [6.45, 7) is 5.71. The van der Waals surface area contributed by atoms with Crippen LogP contribution >= 0.6 is 11.8 Å². The molecule has 1 fully saturated rings. The fraction of sp³-hybridized carbons (Fsp3) is 0.364. The smallest absolute Gasteiger partial charge is 0.272 e. The first-order chi connectivity index (χ1) is 14.9. The largest absolute Gasteiger partial charge is 0.478 e. The summed E-state index contributed by atoms with van der Waals surface area (Å²) in [6, 6.07) is 11.8. The molecule has 0 bridgehead atoms. The van der Waals surface area contributed by atoms with Gasteiger partial charge in [0, 0.05) is 25.9 Å². The Morgan fingerprint density at radius 1 is 1.22 bits per heavy atom. The molecule has 1 aliphatic heterocycles. The minimum Gasteiger partial charge on any atom is -0.478 e. The minimum atomic E-state index is -3.60. The summed E-state index contributed by atoms with van der Waals surface area (Å²) in [7, 11) is -0.676. The molecule has 7 nitrogen and oxygen atoms in total. The fourth-order valence-corrected chi connectivity index (χ4v) is 5.04. The van der Waals surface area contributed by atoms with Gasteiger partial charge >= 0.3 is 0 Å². The Morgan fingerprint density at radius 2 is 1.88 bits per heavy atom. The van der Waals surface area contributed by atoms with Crippen LogP contribution in [0.3, 0.4) is 0 Å². The predicted octanol–water partition coefficient (Wildman–Crippen LogP) is 3.89. The van der Waals surface area contributed by atoms with Crippen molar-refractivity contribution in [3.63, 3.8) is 0 Å². The average Bonchev–Trinajstić information content (AvgIpc) is 3.08. The maximum atomic E-state index is 13.3. The van der Waals surface area contributed by atoms with Crippen LogP contribution in [0.1, 0.15) is 20.8 Å². The third-order valence-corrected chi connectivity index (χ3v) is 7.63. The highest BCUT2D eigenvalue weighted by molar-refractivity contribution is 8.14. The van der Waals surface area contributed by atoms with Crippen molar-refractivity contribution in [1.82, 2.24) is 9.21 Å². The first kappa shape index (κ1) is 24.2. The molecule has 0 N–H and O–H groups in total. The Morgan fingerprint density at radius 3 is 2.50 bits per heavy atom. The molecule has 1 unspecified atom stereocenters.